The molecule has 1 N–H and O–H groups in total. The fraction of sp³-hybridized carbons (Fsp3) is 0.316. The van der Waals surface area contributed by atoms with Crippen molar-refractivity contribution in [1.82, 2.24) is 4.31 Å². The van der Waals surface area contributed by atoms with Gasteiger partial charge in [-0.2, -0.15) is 4.31 Å². The Hall–Kier alpha value is -2.04. The zero-order chi connectivity index (χ0) is 21.7. The zero-order valence-electron chi connectivity index (χ0n) is 16.1. The number of carbonyl (C=O) groups is 1. The summed E-state index contributed by atoms with van der Waals surface area (Å²) in [5, 5.41) is 3.38. The Morgan fingerprint density at radius 3 is 2.43 bits per heavy atom. The highest BCUT2D eigenvalue weighted by Gasteiger charge is 2.29. The summed E-state index contributed by atoms with van der Waals surface area (Å²) in [7, 11) is -2.43. The summed E-state index contributed by atoms with van der Waals surface area (Å²) >= 11 is 11.8. The third kappa shape index (κ3) is 5.55. The molecule has 3 rings (SSSR count). The number of nitrogens with one attached hydrogen (secondary N) is 1. The standard InChI is InChI=1S/C19H20Cl2N2O6S/c1-27-17-3-2-15(11-18(17)30(25,26)23-4-6-28-7-5-23)22-19(24)12-29-16-9-13(20)8-14(21)10-16/h2-3,8-11H,4-7,12H2,1H3,(H,22,24). The molecule has 0 radical (unpaired) electrons. The lowest BCUT2D eigenvalue weighted by molar-refractivity contribution is -0.118. The fourth-order valence-corrected chi connectivity index (χ4v) is 4.94. The molecular formula is C19H20Cl2N2O6S. The lowest BCUT2D eigenvalue weighted by Gasteiger charge is -2.26. The molecule has 0 spiro atoms. The van der Waals surface area contributed by atoms with E-state index in [0.29, 0.717) is 34.7 Å². The van der Waals surface area contributed by atoms with Gasteiger partial charge in [-0.25, -0.2) is 8.42 Å². The fourth-order valence-electron chi connectivity index (χ4n) is 2.84. The van der Waals surface area contributed by atoms with Crippen molar-refractivity contribution < 1.29 is 27.4 Å². The van der Waals surface area contributed by atoms with Crippen LogP contribution in [0.3, 0.4) is 0 Å². The predicted molar refractivity (Wildman–Crippen MR) is 113 cm³/mol. The van der Waals surface area contributed by atoms with Crippen LogP contribution in [0.25, 0.3) is 0 Å². The highest BCUT2D eigenvalue weighted by molar-refractivity contribution is 7.89. The second kappa shape index (κ2) is 9.84. The van der Waals surface area contributed by atoms with Gasteiger partial charge in [0.2, 0.25) is 10.0 Å². The zero-order valence-corrected chi connectivity index (χ0v) is 18.4. The van der Waals surface area contributed by atoms with Gasteiger partial charge in [-0.05, 0) is 36.4 Å². The van der Waals surface area contributed by atoms with E-state index < -0.39 is 15.9 Å². The molecule has 1 aliphatic rings. The number of anilines is 1. The molecule has 1 saturated heterocycles. The van der Waals surface area contributed by atoms with E-state index in [1.165, 1.54) is 35.7 Å². The van der Waals surface area contributed by atoms with Crippen molar-refractivity contribution in [2.45, 2.75) is 4.90 Å². The normalized spacial score (nSPS) is 14.9. The molecule has 2 aromatic carbocycles. The number of carbonyl (C=O) groups excluding carboxylic acids is 1. The highest BCUT2D eigenvalue weighted by atomic mass is 35.5. The van der Waals surface area contributed by atoms with Gasteiger partial charge >= 0.3 is 0 Å². The summed E-state index contributed by atoms with van der Waals surface area (Å²) < 4.78 is 43.2. The SMILES string of the molecule is COc1ccc(NC(=O)COc2cc(Cl)cc(Cl)c2)cc1S(=O)(=O)N1CCOCC1. The van der Waals surface area contributed by atoms with Crippen molar-refractivity contribution in [3.8, 4) is 11.5 Å². The van der Waals surface area contributed by atoms with Crippen LogP contribution in [0.1, 0.15) is 0 Å². The number of hydrogen-bond acceptors (Lipinski definition) is 6. The number of sulfonamides is 1. The summed E-state index contributed by atoms with van der Waals surface area (Å²) in [5.41, 5.74) is 0.292. The molecule has 1 fully saturated rings. The van der Waals surface area contributed by atoms with E-state index in [9.17, 15) is 13.2 Å². The van der Waals surface area contributed by atoms with Crippen LogP contribution >= 0.6 is 23.2 Å². The summed E-state index contributed by atoms with van der Waals surface area (Å²) in [5.74, 6) is 0.0447. The Balaban J connectivity index is 1.73. The van der Waals surface area contributed by atoms with Gasteiger partial charge < -0.3 is 19.5 Å². The summed E-state index contributed by atoms with van der Waals surface area (Å²) in [4.78, 5) is 12.2. The molecule has 2 aromatic rings. The highest BCUT2D eigenvalue weighted by Crippen LogP contribution is 2.30. The van der Waals surface area contributed by atoms with Gasteiger partial charge in [0.1, 0.15) is 16.4 Å². The minimum atomic E-state index is -3.81. The van der Waals surface area contributed by atoms with E-state index in [4.69, 9.17) is 37.4 Å². The lowest BCUT2D eigenvalue weighted by Crippen LogP contribution is -2.40. The quantitative estimate of drug-likeness (QED) is 0.662. The predicted octanol–water partition coefficient (Wildman–Crippen LogP) is 3.04. The maximum absolute atomic E-state index is 13.0. The maximum atomic E-state index is 13.0. The van der Waals surface area contributed by atoms with Crippen molar-refractivity contribution >= 4 is 44.8 Å². The van der Waals surface area contributed by atoms with Gasteiger partial charge in [-0.3, -0.25) is 4.79 Å². The second-order valence-corrected chi connectivity index (χ2v) is 9.10. The Morgan fingerprint density at radius 2 is 1.80 bits per heavy atom. The number of ether oxygens (including phenoxy) is 3. The molecule has 0 aliphatic carbocycles. The van der Waals surface area contributed by atoms with Crippen LogP contribution in [0, 0.1) is 0 Å². The first kappa shape index (κ1) is 22.6. The number of methoxy groups -OCH3 is 1. The van der Waals surface area contributed by atoms with Crippen molar-refractivity contribution in [1.29, 1.82) is 0 Å². The van der Waals surface area contributed by atoms with E-state index in [2.05, 4.69) is 5.32 Å². The molecule has 1 aliphatic heterocycles. The largest absolute Gasteiger partial charge is 0.495 e. The van der Waals surface area contributed by atoms with Crippen LogP contribution in [-0.2, 0) is 19.6 Å². The van der Waals surface area contributed by atoms with Crippen LogP contribution in [0.5, 0.6) is 11.5 Å². The first-order chi connectivity index (χ1) is 14.3. The average Bonchev–Trinajstić information content (AvgIpc) is 2.72. The number of benzene rings is 2. The molecule has 0 aromatic heterocycles. The number of nitrogens with zero attached hydrogens (tertiary/aromatic N) is 1. The van der Waals surface area contributed by atoms with E-state index in [-0.39, 0.29) is 30.3 Å². The molecule has 0 bridgehead atoms. The number of halogens is 2. The van der Waals surface area contributed by atoms with Gasteiger partial charge in [0.15, 0.2) is 6.61 Å². The maximum Gasteiger partial charge on any atom is 0.262 e. The van der Waals surface area contributed by atoms with Crippen molar-refractivity contribution in [3.05, 3.63) is 46.4 Å². The summed E-state index contributed by atoms with van der Waals surface area (Å²) in [6, 6.07) is 9.00. The monoisotopic (exact) mass is 474 g/mol. The molecule has 11 heteroatoms. The second-order valence-electron chi connectivity index (χ2n) is 6.32. The Morgan fingerprint density at radius 1 is 1.13 bits per heavy atom. The van der Waals surface area contributed by atoms with Crippen LogP contribution in [0.2, 0.25) is 10.0 Å². The number of amides is 1. The molecule has 1 amide bonds. The minimum absolute atomic E-state index is 0.0350. The van der Waals surface area contributed by atoms with E-state index in [1.807, 2.05) is 0 Å². The van der Waals surface area contributed by atoms with E-state index in [0.717, 1.165) is 0 Å². The third-order valence-corrected chi connectivity index (χ3v) is 6.60. The molecule has 8 nitrogen and oxygen atoms in total. The van der Waals surface area contributed by atoms with E-state index in [1.54, 1.807) is 12.1 Å². The van der Waals surface area contributed by atoms with Gasteiger partial charge in [0.25, 0.3) is 5.91 Å². The van der Waals surface area contributed by atoms with Gasteiger partial charge in [0, 0.05) is 28.8 Å². The molecule has 0 saturated carbocycles. The van der Waals surface area contributed by atoms with Gasteiger partial charge in [-0.15, -0.1) is 0 Å². The first-order valence-corrected chi connectivity index (χ1v) is 11.1. The van der Waals surface area contributed by atoms with Crippen LogP contribution in [-0.4, -0.2) is 58.7 Å². The average molecular weight is 475 g/mol. The van der Waals surface area contributed by atoms with Crippen molar-refractivity contribution in [3.63, 3.8) is 0 Å². The molecular weight excluding hydrogens is 455 g/mol. The first-order valence-electron chi connectivity index (χ1n) is 8.94. The van der Waals surface area contributed by atoms with Crippen LogP contribution in [0.15, 0.2) is 41.3 Å². The third-order valence-electron chi connectivity index (χ3n) is 4.24. The van der Waals surface area contributed by atoms with Gasteiger partial charge in [-0.1, -0.05) is 23.2 Å². The van der Waals surface area contributed by atoms with Gasteiger partial charge in [0.05, 0.1) is 20.3 Å². The Bertz CT molecular complexity index is 1010. The number of morpholine rings is 1. The minimum Gasteiger partial charge on any atom is -0.495 e. The van der Waals surface area contributed by atoms with Crippen molar-refractivity contribution in [2.75, 3.05) is 45.3 Å². The van der Waals surface area contributed by atoms with Crippen LogP contribution in [0.4, 0.5) is 5.69 Å². The summed E-state index contributed by atoms with van der Waals surface area (Å²) in [6.07, 6.45) is 0. The molecule has 0 unspecified atom stereocenters. The smallest absolute Gasteiger partial charge is 0.262 e. The number of rotatable bonds is 7. The molecule has 30 heavy (non-hydrogen) atoms. The Labute approximate surface area is 184 Å². The number of hydrogen-bond donors (Lipinski definition) is 1. The molecule has 162 valence electrons. The van der Waals surface area contributed by atoms with Crippen LogP contribution < -0.4 is 14.8 Å². The Kier molecular flexibility index (Phi) is 7.43. The molecule has 1 heterocycles. The lowest BCUT2D eigenvalue weighted by atomic mass is 10.3. The summed E-state index contributed by atoms with van der Waals surface area (Å²) in [6.45, 7) is 0.829. The van der Waals surface area contributed by atoms with Crippen molar-refractivity contribution in [2.24, 2.45) is 0 Å². The molecule has 0 atom stereocenters. The topological polar surface area (TPSA) is 94.2 Å². The van der Waals surface area contributed by atoms with E-state index >= 15 is 0 Å².